The minimum Gasteiger partial charge on any atom is -0.508 e. The molecule has 0 aliphatic carbocycles. The van der Waals surface area contributed by atoms with Crippen LogP contribution in [-0.2, 0) is 12.0 Å². The monoisotopic (exact) mass is 195 g/mol. The Morgan fingerprint density at radius 1 is 1.21 bits per heavy atom. The van der Waals surface area contributed by atoms with Crippen LogP contribution in [0.25, 0.3) is 0 Å². The Bertz CT molecular complexity index is 340. The van der Waals surface area contributed by atoms with Gasteiger partial charge in [0.1, 0.15) is 11.5 Å². The van der Waals surface area contributed by atoms with Gasteiger partial charge in [0.15, 0.2) is 0 Å². The lowest BCUT2D eigenvalue weighted by atomic mass is 9.92. The van der Waals surface area contributed by atoms with E-state index in [-0.39, 0.29) is 11.5 Å². The van der Waals surface area contributed by atoms with Gasteiger partial charge in [0.25, 0.3) is 0 Å². The van der Waals surface area contributed by atoms with Crippen molar-refractivity contribution in [2.24, 2.45) is 5.73 Å². The minimum atomic E-state index is -0.596. The van der Waals surface area contributed by atoms with Crippen LogP contribution in [-0.4, -0.2) is 10.2 Å². The molecule has 0 saturated carbocycles. The van der Waals surface area contributed by atoms with Gasteiger partial charge in [-0.25, -0.2) is 0 Å². The van der Waals surface area contributed by atoms with Crippen molar-refractivity contribution in [3.8, 4) is 11.5 Å². The predicted octanol–water partition coefficient (Wildman–Crippen LogP) is 1.85. The standard InChI is InChI=1S/C11H17NO2/c1-4-7-5-8(11(2,3)12)10(14)6-9(7)13/h5-6,13-14H,4,12H2,1-3H3. The van der Waals surface area contributed by atoms with Crippen molar-refractivity contribution >= 4 is 0 Å². The van der Waals surface area contributed by atoms with E-state index in [1.54, 1.807) is 6.07 Å². The summed E-state index contributed by atoms with van der Waals surface area (Å²) in [6.07, 6.45) is 0.717. The second-order valence-corrected chi connectivity index (χ2v) is 4.07. The number of phenolic OH excluding ortho intramolecular Hbond substituents is 2. The van der Waals surface area contributed by atoms with Crippen molar-refractivity contribution in [3.05, 3.63) is 23.3 Å². The smallest absolute Gasteiger partial charge is 0.124 e. The molecule has 3 nitrogen and oxygen atoms in total. The normalized spacial score (nSPS) is 11.7. The molecule has 0 amide bonds. The van der Waals surface area contributed by atoms with Crippen molar-refractivity contribution in [2.45, 2.75) is 32.7 Å². The Hall–Kier alpha value is -1.22. The Balaban J connectivity index is 3.32. The summed E-state index contributed by atoms with van der Waals surface area (Å²) in [7, 11) is 0. The lowest BCUT2D eigenvalue weighted by molar-refractivity contribution is 0.424. The van der Waals surface area contributed by atoms with Gasteiger partial charge in [0.05, 0.1) is 0 Å². The molecule has 14 heavy (non-hydrogen) atoms. The number of nitrogens with two attached hydrogens (primary N) is 1. The summed E-state index contributed by atoms with van der Waals surface area (Å²) in [4.78, 5) is 0. The molecule has 0 aromatic heterocycles. The van der Waals surface area contributed by atoms with Gasteiger partial charge in [-0.05, 0) is 31.9 Å². The summed E-state index contributed by atoms with van der Waals surface area (Å²) in [5.74, 6) is 0.171. The molecular formula is C11H17NO2. The second-order valence-electron chi connectivity index (χ2n) is 4.07. The SMILES string of the molecule is CCc1cc(C(C)(C)N)c(O)cc1O. The van der Waals surface area contributed by atoms with E-state index in [2.05, 4.69) is 0 Å². The molecular weight excluding hydrogens is 178 g/mol. The molecule has 0 spiro atoms. The van der Waals surface area contributed by atoms with E-state index in [1.807, 2.05) is 20.8 Å². The van der Waals surface area contributed by atoms with E-state index in [0.717, 1.165) is 12.0 Å². The predicted molar refractivity (Wildman–Crippen MR) is 56.4 cm³/mol. The third-order valence-electron chi connectivity index (χ3n) is 2.27. The van der Waals surface area contributed by atoms with E-state index in [1.165, 1.54) is 6.07 Å². The summed E-state index contributed by atoms with van der Waals surface area (Å²) >= 11 is 0. The van der Waals surface area contributed by atoms with Crippen molar-refractivity contribution in [1.82, 2.24) is 0 Å². The fourth-order valence-electron chi connectivity index (χ4n) is 1.42. The van der Waals surface area contributed by atoms with Crippen molar-refractivity contribution in [3.63, 3.8) is 0 Å². The van der Waals surface area contributed by atoms with Crippen LogP contribution in [0.2, 0.25) is 0 Å². The fourth-order valence-corrected chi connectivity index (χ4v) is 1.42. The Morgan fingerprint density at radius 2 is 1.79 bits per heavy atom. The van der Waals surface area contributed by atoms with E-state index in [0.29, 0.717) is 5.56 Å². The highest BCUT2D eigenvalue weighted by Gasteiger charge is 2.20. The molecule has 0 bridgehead atoms. The molecule has 1 rings (SSSR count). The highest BCUT2D eigenvalue weighted by Crippen LogP contribution is 2.33. The number of aromatic hydroxyl groups is 2. The van der Waals surface area contributed by atoms with E-state index in [4.69, 9.17) is 5.73 Å². The van der Waals surface area contributed by atoms with Crippen LogP contribution in [0.4, 0.5) is 0 Å². The highest BCUT2D eigenvalue weighted by atomic mass is 16.3. The molecule has 3 heteroatoms. The lowest BCUT2D eigenvalue weighted by Gasteiger charge is -2.21. The van der Waals surface area contributed by atoms with Gasteiger partial charge >= 0.3 is 0 Å². The number of rotatable bonds is 2. The quantitative estimate of drug-likeness (QED) is 0.674. The van der Waals surface area contributed by atoms with Gasteiger partial charge < -0.3 is 15.9 Å². The van der Waals surface area contributed by atoms with Gasteiger partial charge in [0, 0.05) is 17.2 Å². The lowest BCUT2D eigenvalue weighted by Crippen LogP contribution is -2.28. The number of phenols is 2. The maximum absolute atomic E-state index is 9.61. The zero-order valence-corrected chi connectivity index (χ0v) is 8.83. The molecule has 4 N–H and O–H groups in total. The Labute approximate surface area is 84.2 Å². The first-order chi connectivity index (χ1) is 6.36. The topological polar surface area (TPSA) is 66.5 Å². The van der Waals surface area contributed by atoms with Gasteiger partial charge in [-0.3, -0.25) is 0 Å². The molecule has 0 heterocycles. The first kappa shape index (κ1) is 10.9. The zero-order chi connectivity index (χ0) is 10.9. The van der Waals surface area contributed by atoms with Crippen LogP contribution in [0, 0.1) is 0 Å². The molecule has 1 aromatic rings. The molecule has 0 radical (unpaired) electrons. The average molecular weight is 195 g/mol. The number of benzene rings is 1. The minimum absolute atomic E-state index is 0.0483. The van der Waals surface area contributed by atoms with Crippen LogP contribution in [0.3, 0.4) is 0 Å². The molecule has 0 saturated heterocycles. The van der Waals surface area contributed by atoms with Crippen LogP contribution >= 0.6 is 0 Å². The summed E-state index contributed by atoms with van der Waals surface area (Å²) in [6, 6.07) is 3.10. The van der Waals surface area contributed by atoms with Gasteiger partial charge in [-0.1, -0.05) is 6.92 Å². The molecule has 1 aromatic carbocycles. The van der Waals surface area contributed by atoms with Crippen molar-refractivity contribution < 1.29 is 10.2 Å². The van der Waals surface area contributed by atoms with E-state index >= 15 is 0 Å². The molecule has 78 valence electrons. The van der Waals surface area contributed by atoms with E-state index in [9.17, 15) is 10.2 Å². The van der Waals surface area contributed by atoms with Crippen LogP contribution in [0.5, 0.6) is 11.5 Å². The third-order valence-corrected chi connectivity index (χ3v) is 2.27. The third kappa shape index (κ3) is 1.99. The van der Waals surface area contributed by atoms with Gasteiger partial charge in [0.2, 0.25) is 0 Å². The zero-order valence-electron chi connectivity index (χ0n) is 8.83. The van der Waals surface area contributed by atoms with E-state index < -0.39 is 5.54 Å². The molecule has 0 fully saturated rings. The number of aryl methyl sites for hydroxylation is 1. The highest BCUT2D eigenvalue weighted by molar-refractivity contribution is 5.47. The van der Waals surface area contributed by atoms with Crippen LogP contribution < -0.4 is 5.73 Å². The average Bonchev–Trinajstić information content (AvgIpc) is 2.02. The Kier molecular flexibility index (Phi) is 2.71. The molecule has 0 atom stereocenters. The second kappa shape index (κ2) is 3.50. The van der Waals surface area contributed by atoms with Gasteiger partial charge in [-0.2, -0.15) is 0 Å². The van der Waals surface area contributed by atoms with Crippen LogP contribution in [0.15, 0.2) is 12.1 Å². The number of hydrogen-bond donors (Lipinski definition) is 3. The fraction of sp³-hybridized carbons (Fsp3) is 0.455. The molecule has 0 aliphatic heterocycles. The van der Waals surface area contributed by atoms with Crippen molar-refractivity contribution in [1.29, 1.82) is 0 Å². The summed E-state index contributed by atoms with van der Waals surface area (Å²) in [5.41, 5.74) is 6.76. The maximum atomic E-state index is 9.61. The van der Waals surface area contributed by atoms with Crippen molar-refractivity contribution in [2.75, 3.05) is 0 Å². The molecule has 0 unspecified atom stereocenters. The van der Waals surface area contributed by atoms with Crippen LogP contribution in [0.1, 0.15) is 31.9 Å². The number of hydrogen-bond acceptors (Lipinski definition) is 3. The Morgan fingerprint density at radius 3 is 2.21 bits per heavy atom. The maximum Gasteiger partial charge on any atom is 0.124 e. The first-order valence-corrected chi connectivity index (χ1v) is 4.70. The van der Waals surface area contributed by atoms with Gasteiger partial charge in [-0.15, -0.1) is 0 Å². The summed E-state index contributed by atoms with van der Waals surface area (Å²) in [5, 5.41) is 19.1. The summed E-state index contributed by atoms with van der Waals surface area (Å²) in [6.45, 7) is 5.58. The molecule has 0 aliphatic rings. The largest absolute Gasteiger partial charge is 0.508 e. The first-order valence-electron chi connectivity index (χ1n) is 4.70. The summed E-state index contributed by atoms with van der Waals surface area (Å²) < 4.78 is 0.